The van der Waals surface area contributed by atoms with Crippen molar-refractivity contribution in [1.29, 1.82) is 0 Å². The predicted octanol–water partition coefficient (Wildman–Crippen LogP) is 4.16. The zero-order valence-electron chi connectivity index (χ0n) is 13.8. The topological polar surface area (TPSA) is 26.7 Å². The Morgan fingerprint density at radius 2 is 1.71 bits per heavy atom. The molecule has 128 valence electrons. The molecular weight excluding hydrogens is 343 g/mol. The molecule has 0 bridgehead atoms. The van der Waals surface area contributed by atoms with E-state index in [1.54, 1.807) is 0 Å². The molecule has 2 aromatic carbocycles. The van der Waals surface area contributed by atoms with Crippen LogP contribution in [0.15, 0.2) is 42.5 Å². The number of halogens is 2. The highest BCUT2D eigenvalue weighted by atomic mass is 35.5. The van der Waals surface area contributed by atoms with Crippen molar-refractivity contribution in [3.8, 4) is 0 Å². The smallest absolute Gasteiger partial charge is 0.0917 e. The first-order valence-electron chi connectivity index (χ1n) is 8.20. The minimum Gasteiger partial charge on any atom is -0.387 e. The van der Waals surface area contributed by atoms with Crippen molar-refractivity contribution in [2.45, 2.75) is 13.0 Å². The maximum atomic E-state index is 10.4. The van der Waals surface area contributed by atoms with Crippen molar-refractivity contribution in [3.05, 3.63) is 63.6 Å². The van der Waals surface area contributed by atoms with Crippen LogP contribution < -0.4 is 4.90 Å². The second-order valence-electron chi connectivity index (χ2n) is 6.29. The molecule has 1 N–H and O–H groups in total. The van der Waals surface area contributed by atoms with E-state index in [2.05, 4.69) is 22.8 Å². The maximum Gasteiger partial charge on any atom is 0.0917 e. The molecule has 1 aliphatic heterocycles. The van der Waals surface area contributed by atoms with Crippen LogP contribution in [0.25, 0.3) is 0 Å². The third-order valence-corrected chi connectivity index (χ3v) is 5.02. The van der Waals surface area contributed by atoms with Crippen LogP contribution in [0.3, 0.4) is 0 Å². The third-order valence-electron chi connectivity index (χ3n) is 4.55. The molecule has 24 heavy (non-hydrogen) atoms. The molecule has 5 heteroatoms. The molecule has 0 spiro atoms. The summed E-state index contributed by atoms with van der Waals surface area (Å²) in [6.45, 7) is 6.45. The van der Waals surface area contributed by atoms with Crippen molar-refractivity contribution >= 4 is 28.9 Å². The Bertz CT molecular complexity index is 700. The molecule has 1 saturated heterocycles. The lowest BCUT2D eigenvalue weighted by Gasteiger charge is -2.37. The molecule has 1 heterocycles. The van der Waals surface area contributed by atoms with Crippen LogP contribution in [-0.2, 0) is 0 Å². The average Bonchev–Trinajstić information content (AvgIpc) is 2.58. The summed E-state index contributed by atoms with van der Waals surface area (Å²) in [5.41, 5.74) is 3.32. The van der Waals surface area contributed by atoms with Gasteiger partial charge in [0.2, 0.25) is 0 Å². The van der Waals surface area contributed by atoms with Crippen LogP contribution in [0.2, 0.25) is 10.0 Å². The number of hydrogen-bond donors (Lipinski definition) is 1. The second kappa shape index (κ2) is 7.75. The van der Waals surface area contributed by atoms with E-state index in [1.807, 2.05) is 36.4 Å². The number of aliphatic hydroxyl groups is 1. The van der Waals surface area contributed by atoms with Crippen LogP contribution in [0, 0.1) is 6.92 Å². The SMILES string of the molecule is Cc1ccc(Cl)cc1N1CCN(C[C@H](O)c2cccc(Cl)c2)CC1. The summed E-state index contributed by atoms with van der Waals surface area (Å²) < 4.78 is 0. The van der Waals surface area contributed by atoms with Gasteiger partial charge < -0.3 is 10.0 Å². The maximum absolute atomic E-state index is 10.4. The molecule has 1 aliphatic rings. The summed E-state index contributed by atoms with van der Waals surface area (Å²) in [6.07, 6.45) is -0.511. The number of benzene rings is 2. The van der Waals surface area contributed by atoms with Crippen LogP contribution in [0.1, 0.15) is 17.2 Å². The highest BCUT2D eigenvalue weighted by Gasteiger charge is 2.21. The summed E-state index contributed by atoms with van der Waals surface area (Å²) >= 11 is 12.1. The average molecular weight is 365 g/mol. The number of rotatable bonds is 4. The van der Waals surface area contributed by atoms with E-state index in [0.29, 0.717) is 11.6 Å². The van der Waals surface area contributed by atoms with Gasteiger partial charge in [0.1, 0.15) is 0 Å². The highest BCUT2D eigenvalue weighted by molar-refractivity contribution is 6.31. The molecule has 1 fully saturated rings. The van der Waals surface area contributed by atoms with E-state index in [-0.39, 0.29) is 0 Å². The van der Waals surface area contributed by atoms with E-state index in [9.17, 15) is 5.11 Å². The van der Waals surface area contributed by atoms with E-state index in [1.165, 1.54) is 11.3 Å². The van der Waals surface area contributed by atoms with E-state index < -0.39 is 6.10 Å². The lowest BCUT2D eigenvalue weighted by Crippen LogP contribution is -2.47. The van der Waals surface area contributed by atoms with Gasteiger partial charge in [-0.25, -0.2) is 0 Å². The fourth-order valence-corrected chi connectivity index (χ4v) is 3.52. The van der Waals surface area contributed by atoms with Gasteiger partial charge in [0.25, 0.3) is 0 Å². The first-order valence-corrected chi connectivity index (χ1v) is 8.95. The number of anilines is 1. The fourth-order valence-electron chi connectivity index (χ4n) is 3.16. The Balaban J connectivity index is 1.58. The molecule has 0 aliphatic carbocycles. The Kier molecular flexibility index (Phi) is 5.67. The minimum atomic E-state index is -0.511. The summed E-state index contributed by atoms with van der Waals surface area (Å²) in [5, 5.41) is 11.9. The third kappa shape index (κ3) is 4.22. The number of hydrogen-bond acceptors (Lipinski definition) is 3. The second-order valence-corrected chi connectivity index (χ2v) is 7.16. The zero-order chi connectivity index (χ0) is 17.1. The van der Waals surface area contributed by atoms with Crippen LogP contribution in [0.4, 0.5) is 5.69 Å². The van der Waals surface area contributed by atoms with Gasteiger partial charge in [0.05, 0.1) is 6.10 Å². The summed E-state index contributed by atoms with van der Waals surface area (Å²) in [7, 11) is 0. The van der Waals surface area contributed by atoms with Crippen LogP contribution in [-0.4, -0.2) is 42.7 Å². The molecule has 1 atom stereocenters. The van der Waals surface area contributed by atoms with E-state index >= 15 is 0 Å². The van der Waals surface area contributed by atoms with Gasteiger partial charge in [-0.2, -0.15) is 0 Å². The molecule has 0 radical (unpaired) electrons. The van der Waals surface area contributed by atoms with Gasteiger partial charge in [-0.1, -0.05) is 41.4 Å². The van der Waals surface area contributed by atoms with Gasteiger partial charge in [-0.15, -0.1) is 0 Å². The normalized spacial score (nSPS) is 17.1. The molecule has 0 aromatic heterocycles. The standard InChI is InChI=1S/C19H22Cl2N2O/c1-14-5-6-17(21)12-18(14)23-9-7-22(8-10-23)13-19(24)15-3-2-4-16(20)11-15/h2-6,11-12,19,24H,7-10,13H2,1H3/t19-/m0/s1. The quantitative estimate of drug-likeness (QED) is 0.882. The van der Waals surface area contributed by atoms with Crippen molar-refractivity contribution < 1.29 is 5.11 Å². The van der Waals surface area contributed by atoms with Gasteiger partial charge in [0.15, 0.2) is 0 Å². The number of β-amino-alcohol motifs (C(OH)–C–C–N with tert-alkyl or cyclic N) is 1. The Labute approximate surface area is 153 Å². The largest absolute Gasteiger partial charge is 0.387 e. The zero-order valence-corrected chi connectivity index (χ0v) is 15.3. The highest BCUT2D eigenvalue weighted by Crippen LogP contribution is 2.26. The van der Waals surface area contributed by atoms with E-state index in [0.717, 1.165) is 36.8 Å². The van der Waals surface area contributed by atoms with Crippen molar-refractivity contribution in [3.63, 3.8) is 0 Å². The molecule has 0 saturated carbocycles. The lowest BCUT2D eigenvalue weighted by atomic mass is 10.1. The molecule has 3 rings (SSSR count). The van der Waals surface area contributed by atoms with Crippen molar-refractivity contribution in [2.24, 2.45) is 0 Å². The Morgan fingerprint density at radius 3 is 2.42 bits per heavy atom. The van der Waals surface area contributed by atoms with Gasteiger partial charge in [0, 0.05) is 48.5 Å². The number of aliphatic hydroxyl groups excluding tert-OH is 1. The number of aryl methyl sites for hydroxylation is 1. The van der Waals surface area contributed by atoms with Crippen LogP contribution >= 0.6 is 23.2 Å². The minimum absolute atomic E-state index is 0.511. The Hall–Kier alpha value is -1.26. The molecule has 3 nitrogen and oxygen atoms in total. The summed E-state index contributed by atoms with van der Waals surface area (Å²) in [5.74, 6) is 0. The molecule has 2 aromatic rings. The summed E-state index contributed by atoms with van der Waals surface area (Å²) in [4.78, 5) is 4.66. The monoisotopic (exact) mass is 364 g/mol. The van der Waals surface area contributed by atoms with E-state index in [4.69, 9.17) is 23.2 Å². The first-order chi connectivity index (χ1) is 11.5. The van der Waals surface area contributed by atoms with Gasteiger partial charge in [-0.3, -0.25) is 4.90 Å². The molecular formula is C19H22Cl2N2O. The van der Waals surface area contributed by atoms with Crippen molar-refractivity contribution in [1.82, 2.24) is 4.90 Å². The van der Waals surface area contributed by atoms with Gasteiger partial charge >= 0.3 is 0 Å². The van der Waals surface area contributed by atoms with Crippen LogP contribution in [0.5, 0.6) is 0 Å². The predicted molar refractivity (Wildman–Crippen MR) is 101 cm³/mol. The summed E-state index contributed by atoms with van der Waals surface area (Å²) in [6, 6.07) is 13.5. The molecule has 0 amide bonds. The lowest BCUT2D eigenvalue weighted by molar-refractivity contribution is 0.109. The number of nitrogens with zero attached hydrogens (tertiary/aromatic N) is 2. The van der Waals surface area contributed by atoms with Crippen molar-refractivity contribution in [2.75, 3.05) is 37.6 Å². The number of piperazine rings is 1. The molecule has 0 unspecified atom stereocenters. The fraction of sp³-hybridized carbons (Fsp3) is 0.368. The Morgan fingerprint density at radius 1 is 1.00 bits per heavy atom. The first kappa shape index (κ1) is 17.6. The van der Waals surface area contributed by atoms with Gasteiger partial charge in [-0.05, 0) is 42.3 Å².